The van der Waals surface area contributed by atoms with Crippen LogP contribution in [0.2, 0.25) is 0 Å². The molecule has 0 saturated carbocycles. The summed E-state index contributed by atoms with van der Waals surface area (Å²) in [7, 11) is -3.76. The van der Waals surface area contributed by atoms with Crippen LogP contribution < -0.4 is 10.9 Å². The highest BCUT2D eigenvalue weighted by molar-refractivity contribution is 7.89. The van der Waals surface area contributed by atoms with E-state index in [9.17, 15) is 18.0 Å². The van der Waals surface area contributed by atoms with Crippen LogP contribution in [-0.4, -0.2) is 64.7 Å². The summed E-state index contributed by atoms with van der Waals surface area (Å²) in [6, 6.07) is 11.5. The Hall–Kier alpha value is -3.87. The van der Waals surface area contributed by atoms with Crippen molar-refractivity contribution < 1.29 is 17.9 Å². The zero-order valence-electron chi connectivity index (χ0n) is 18.8. The molecule has 0 atom stereocenters. The smallest absolute Gasteiger partial charge is 0.261 e. The lowest BCUT2D eigenvalue weighted by atomic mass is 10.1. The number of hydrogen-bond acceptors (Lipinski definition) is 7. The number of anilines is 1. The first kappa shape index (κ1) is 22.9. The predicted molar refractivity (Wildman–Crippen MR) is 128 cm³/mol. The van der Waals surface area contributed by atoms with Crippen LogP contribution in [0, 0.1) is 6.92 Å². The second kappa shape index (κ2) is 9.06. The zero-order valence-corrected chi connectivity index (χ0v) is 19.6. The number of morpholine rings is 1. The van der Waals surface area contributed by atoms with Gasteiger partial charge < -0.3 is 15.0 Å². The Labute approximate surface area is 200 Å². The molecule has 180 valence electrons. The van der Waals surface area contributed by atoms with Crippen molar-refractivity contribution in [3.8, 4) is 5.69 Å². The van der Waals surface area contributed by atoms with E-state index in [2.05, 4.69) is 20.4 Å². The molecule has 35 heavy (non-hydrogen) atoms. The van der Waals surface area contributed by atoms with Gasteiger partial charge in [0.25, 0.3) is 11.5 Å². The lowest BCUT2D eigenvalue weighted by Gasteiger charge is -2.26. The zero-order chi connectivity index (χ0) is 24.6. The predicted octanol–water partition coefficient (Wildman–Crippen LogP) is 1.69. The summed E-state index contributed by atoms with van der Waals surface area (Å²) in [4.78, 5) is 32.1. The fourth-order valence-electron chi connectivity index (χ4n) is 3.93. The number of rotatable bonds is 5. The third kappa shape index (κ3) is 4.22. The molecule has 3 heterocycles. The number of benzene rings is 2. The van der Waals surface area contributed by atoms with Crippen molar-refractivity contribution in [1.29, 1.82) is 0 Å². The Morgan fingerprint density at radius 2 is 1.91 bits per heavy atom. The number of para-hydroxylation sites is 2. The van der Waals surface area contributed by atoms with E-state index in [1.165, 1.54) is 33.6 Å². The number of nitrogens with zero attached hydrogens (tertiary/aromatic N) is 4. The van der Waals surface area contributed by atoms with E-state index in [0.29, 0.717) is 41.2 Å². The molecule has 2 aromatic carbocycles. The summed E-state index contributed by atoms with van der Waals surface area (Å²) in [5, 5.41) is 7.43. The van der Waals surface area contributed by atoms with E-state index < -0.39 is 15.9 Å². The fraction of sp³-hybridized carbons (Fsp3) is 0.217. The van der Waals surface area contributed by atoms with Crippen LogP contribution in [0.1, 0.15) is 15.9 Å². The van der Waals surface area contributed by atoms with Gasteiger partial charge in [-0.05, 0) is 36.8 Å². The number of amides is 1. The van der Waals surface area contributed by atoms with Gasteiger partial charge in [0.15, 0.2) is 5.65 Å². The van der Waals surface area contributed by atoms with Crippen LogP contribution in [-0.2, 0) is 14.8 Å². The molecule has 0 unspecified atom stereocenters. The van der Waals surface area contributed by atoms with Crippen molar-refractivity contribution >= 4 is 32.7 Å². The lowest BCUT2D eigenvalue weighted by molar-refractivity contribution is 0.0730. The van der Waals surface area contributed by atoms with Crippen LogP contribution in [0.3, 0.4) is 0 Å². The van der Waals surface area contributed by atoms with Gasteiger partial charge >= 0.3 is 0 Å². The van der Waals surface area contributed by atoms with Crippen molar-refractivity contribution in [3.05, 3.63) is 76.5 Å². The number of aryl methyl sites for hydroxylation is 1. The van der Waals surface area contributed by atoms with Crippen molar-refractivity contribution in [2.24, 2.45) is 0 Å². The van der Waals surface area contributed by atoms with Gasteiger partial charge in [-0.25, -0.2) is 18.1 Å². The van der Waals surface area contributed by atoms with E-state index in [1.807, 2.05) is 0 Å². The molecule has 2 N–H and O–H groups in total. The normalized spacial score (nSPS) is 14.8. The average Bonchev–Trinajstić information content (AvgIpc) is 3.30. The van der Waals surface area contributed by atoms with E-state index in [0.717, 1.165) is 0 Å². The molecule has 0 spiro atoms. The molecule has 0 bridgehead atoms. The third-order valence-corrected chi connectivity index (χ3v) is 7.71. The maximum Gasteiger partial charge on any atom is 0.261 e. The first-order valence-electron chi connectivity index (χ1n) is 10.9. The molecule has 1 aliphatic rings. The Morgan fingerprint density at radius 1 is 1.14 bits per heavy atom. The number of hydrogen-bond donors (Lipinski definition) is 2. The Morgan fingerprint density at radius 3 is 2.71 bits per heavy atom. The summed E-state index contributed by atoms with van der Waals surface area (Å²) in [5.74, 6) is -0.476. The number of carbonyl (C=O) groups is 1. The third-order valence-electron chi connectivity index (χ3n) is 5.81. The van der Waals surface area contributed by atoms with Crippen LogP contribution in [0.5, 0.6) is 0 Å². The number of fused-ring (bicyclic) bond motifs is 1. The van der Waals surface area contributed by atoms with E-state index in [1.54, 1.807) is 37.3 Å². The number of nitrogens with one attached hydrogen (secondary N) is 2. The van der Waals surface area contributed by atoms with Crippen LogP contribution >= 0.6 is 0 Å². The minimum atomic E-state index is -3.76. The SMILES string of the molecule is Cc1ccc(S(=O)(=O)N2CCOCC2)cc1C(=O)Nc1ccccc1-n1ncc2c(=O)[nH]cnc21. The van der Waals surface area contributed by atoms with Gasteiger partial charge in [-0.1, -0.05) is 18.2 Å². The van der Waals surface area contributed by atoms with Crippen LogP contribution in [0.25, 0.3) is 16.7 Å². The van der Waals surface area contributed by atoms with E-state index in [-0.39, 0.29) is 29.1 Å². The van der Waals surface area contributed by atoms with E-state index in [4.69, 9.17) is 4.74 Å². The molecule has 0 aliphatic carbocycles. The Bertz CT molecular complexity index is 1590. The molecule has 1 amide bonds. The molecule has 1 aliphatic heterocycles. The lowest BCUT2D eigenvalue weighted by Crippen LogP contribution is -2.40. The number of aromatic amines is 1. The topological polar surface area (TPSA) is 139 Å². The Balaban J connectivity index is 1.49. The maximum absolute atomic E-state index is 13.3. The molecule has 11 nitrogen and oxygen atoms in total. The standard InChI is InChI=1S/C23H22N6O5S/c1-15-6-7-16(35(32,33)28-8-10-34-11-9-28)12-17(15)23(31)27-19-4-2-3-5-20(19)29-21-18(13-26-29)22(30)25-14-24-21/h2-7,12-14H,8-11H2,1H3,(H,27,31)(H,24,25,30). The largest absolute Gasteiger partial charge is 0.379 e. The highest BCUT2D eigenvalue weighted by Gasteiger charge is 2.27. The molecule has 2 aromatic heterocycles. The molecular weight excluding hydrogens is 472 g/mol. The van der Waals surface area contributed by atoms with E-state index >= 15 is 0 Å². The molecular formula is C23H22N6O5S. The van der Waals surface area contributed by atoms with Gasteiger partial charge in [0.05, 0.1) is 42.0 Å². The van der Waals surface area contributed by atoms with Gasteiger partial charge in [0.2, 0.25) is 10.0 Å². The second-order valence-corrected chi connectivity index (χ2v) is 9.93. The number of ether oxygens (including phenoxy) is 1. The van der Waals surface area contributed by atoms with Gasteiger partial charge in [0, 0.05) is 18.7 Å². The average molecular weight is 495 g/mol. The quantitative estimate of drug-likeness (QED) is 0.430. The number of aromatic nitrogens is 4. The number of sulfonamides is 1. The van der Waals surface area contributed by atoms with Crippen molar-refractivity contribution in [1.82, 2.24) is 24.1 Å². The fourth-order valence-corrected chi connectivity index (χ4v) is 5.36. The summed E-state index contributed by atoms with van der Waals surface area (Å²) in [5.41, 5.74) is 1.80. The highest BCUT2D eigenvalue weighted by Crippen LogP contribution is 2.25. The summed E-state index contributed by atoms with van der Waals surface area (Å²) in [6.07, 6.45) is 2.69. The number of H-pyrrole nitrogens is 1. The van der Waals surface area contributed by atoms with Gasteiger partial charge in [-0.15, -0.1) is 0 Å². The maximum atomic E-state index is 13.3. The highest BCUT2D eigenvalue weighted by atomic mass is 32.2. The molecule has 12 heteroatoms. The van der Waals surface area contributed by atoms with Crippen LogP contribution in [0.15, 0.2) is 64.7 Å². The summed E-state index contributed by atoms with van der Waals surface area (Å²) >= 11 is 0. The minimum Gasteiger partial charge on any atom is -0.379 e. The molecule has 5 rings (SSSR count). The van der Waals surface area contributed by atoms with Crippen molar-refractivity contribution in [2.75, 3.05) is 31.6 Å². The van der Waals surface area contributed by atoms with Crippen LogP contribution in [0.4, 0.5) is 5.69 Å². The molecule has 1 saturated heterocycles. The minimum absolute atomic E-state index is 0.0462. The first-order valence-corrected chi connectivity index (χ1v) is 12.3. The van der Waals surface area contributed by atoms with Gasteiger partial charge in [0.1, 0.15) is 5.39 Å². The Kier molecular flexibility index (Phi) is 5.93. The van der Waals surface area contributed by atoms with Crippen molar-refractivity contribution in [3.63, 3.8) is 0 Å². The first-order chi connectivity index (χ1) is 16.9. The summed E-state index contributed by atoms with van der Waals surface area (Å²) in [6.45, 7) is 2.93. The van der Waals surface area contributed by atoms with Gasteiger partial charge in [-0.2, -0.15) is 9.40 Å². The second-order valence-electron chi connectivity index (χ2n) is 7.99. The monoisotopic (exact) mass is 494 g/mol. The number of carbonyl (C=O) groups excluding carboxylic acids is 1. The molecule has 1 fully saturated rings. The summed E-state index contributed by atoms with van der Waals surface area (Å²) < 4.78 is 34.2. The molecule has 0 radical (unpaired) electrons. The molecule has 4 aromatic rings. The van der Waals surface area contributed by atoms with Crippen molar-refractivity contribution in [2.45, 2.75) is 11.8 Å². The van der Waals surface area contributed by atoms with Gasteiger partial charge in [-0.3, -0.25) is 9.59 Å².